The first-order chi connectivity index (χ1) is 11.1. The lowest BCUT2D eigenvalue weighted by Crippen LogP contribution is -2.45. The first-order valence-electron chi connectivity index (χ1n) is 8.81. The van der Waals surface area contributed by atoms with Crippen LogP contribution in [-0.4, -0.2) is 29.9 Å². The minimum atomic E-state index is -0.0490. The SMILES string of the molecule is Cc1ccccc1[C@H](C)NC(=O)[C@H](C)N1C[C@@H]2CC=CC[C@H]2C1. The number of carbonyl (C=O) groups excluding carboxylic acids is 1. The number of aryl methyl sites for hydroxylation is 1. The Morgan fingerprint density at radius 3 is 2.35 bits per heavy atom. The van der Waals surface area contributed by atoms with E-state index in [0.717, 1.165) is 24.9 Å². The normalized spacial score (nSPS) is 26.6. The van der Waals surface area contributed by atoms with Gasteiger partial charge in [0, 0.05) is 13.1 Å². The molecule has 0 radical (unpaired) electrons. The van der Waals surface area contributed by atoms with Crippen LogP contribution in [0.1, 0.15) is 43.9 Å². The minimum Gasteiger partial charge on any atom is -0.348 e. The highest BCUT2D eigenvalue weighted by atomic mass is 16.2. The van der Waals surface area contributed by atoms with Gasteiger partial charge in [0.05, 0.1) is 12.1 Å². The molecule has 124 valence electrons. The Balaban J connectivity index is 1.59. The zero-order valence-corrected chi connectivity index (χ0v) is 14.5. The molecule has 1 aromatic rings. The summed E-state index contributed by atoms with van der Waals surface area (Å²) in [7, 11) is 0. The second kappa shape index (κ2) is 6.88. The van der Waals surface area contributed by atoms with Crippen LogP contribution in [0.15, 0.2) is 36.4 Å². The molecule has 0 spiro atoms. The standard InChI is InChI=1S/C20H28N2O/c1-14-8-4-7-11-19(14)15(2)21-20(23)16(3)22-12-17-9-5-6-10-18(17)13-22/h4-8,11,15-18H,9-10,12-13H2,1-3H3,(H,21,23)/t15-,16-,17-,18-/m0/s1. The van der Waals surface area contributed by atoms with Gasteiger partial charge in [-0.25, -0.2) is 0 Å². The number of fused-ring (bicyclic) bond motifs is 1. The molecule has 1 heterocycles. The first-order valence-corrected chi connectivity index (χ1v) is 8.81. The van der Waals surface area contributed by atoms with E-state index in [1.54, 1.807) is 0 Å². The molecule has 3 heteroatoms. The van der Waals surface area contributed by atoms with Crippen molar-refractivity contribution in [1.29, 1.82) is 0 Å². The maximum Gasteiger partial charge on any atom is 0.237 e. The third-order valence-electron chi connectivity index (χ3n) is 5.59. The van der Waals surface area contributed by atoms with E-state index in [1.165, 1.54) is 24.0 Å². The van der Waals surface area contributed by atoms with Crippen molar-refractivity contribution in [2.24, 2.45) is 11.8 Å². The minimum absolute atomic E-state index is 0.0490. The van der Waals surface area contributed by atoms with Gasteiger partial charge in [0.25, 0.3) is 0 Å². The molecule has 1 amide bonds. The molecule has 1 aromatic carbocycles. The van der Waals surface area contributed by atoms with Gasteiger partial charge in [-0.15, -0.1) is 0 Å². The highest BCUT2D eigenvalue weighted by Crippen LogP contribution is 2.33. The van der Waals surface area contributed by atoms with E-state index < -0.39 is 0 Å². The van der Waals surface area contributed by atoms with Gasteiger partial charge in [0.1, 0.15) is 0 Å². The third-order valence-corrected chi connectivity index (χ3v) is 5.59. The Hall–Kier alpha value is -1.61. The van der Waals surface area contributed by atoms with Gasteiger partial charge in [0.2, 0.25) is 5.91 Å². The molecule has 3 nitrogen and oxygen atoms in total. The maximum absolute atomic E-state index is 12.7. The summed E-state index contributed by atoms with van der Waals surface area (Å²) in [6, 6.07) is 8.27. The van der Waals surface area contributed by atoms with Crippen LogP contribution in [0, 0.1) is 18.8 Å². The smallest absolute Gasteiger partial charge is 0.237 e. The summed E-state index contributed by atoms with van der Waals surface area (Å²) in [5.41, 5.74) is 2.43. The number of carbonyl (C=O) groups is 1. The lowest BCUT2D eigenvalue weighted by Gasteiger charge is -2.26. The van der Waals surface area contributed by atoms with Crippen LogP contribution in [-0.2, 0) is 4.79 Å². The van der Waals surface area contributed by atoms with E-state index in [1.807, 2.05) is 19.1 Å². The summed E-state index contributed by atoms with van der Waals surface area (Å²) in [6.45, 7) is 8.33. The van der Waals surface area contributed by atoms with Crippen molar-refractivity contribution in [2.75, 3.05) is 13.1 Å². The monoisotopic (exact) mass is 312 g/mol. The van der Waals surface area contributed by atoms with Crippen molar-refractivity contribution in [3.8, 4) is 0 Å². The number of hydrogen-bond acceptors (Lipinski definition) is 2. The van der Waals surface area contributed by atoms with Crippen LogP contribution >= 0.6 is 0 Å². The Morgan fingerprint density at radius 2 is 1.74 bits per heavy atom. The van der Waals surface area contributed by atoms with Crippen LogP contribution < -0.4 is 5.32 Å². The fraction of sp³-hybridized carbons (Fsp3) is 0.550. The molecule has 0 bridgehead atoms. The van der Waals surface area contributed by atoms with E-state index in [9.17, 15) is 4.79 Å². The molecular formula is C20H28N2O. The molecule has 23 heavy (non-hydrogen) atoms. The Morgan fingerprint density at radius 1 is 1.13 bits per heavy atom. The molecule has 1 aliphatic heterocycles. The maximum atomic E-state index is 12.7. The van der Waals surface area contributed by atoms with E-state index in [4.69, 9.17) is 0 Å². The fourth-order valence-corrected chi connectivity index (χ4v) is 4.02. The molecule has 0 unspecified atom stereocenters. The summed E-state index contributed by atoms with van der Waals surface area (Å²) in [5.74, 6) is 1.63. The Labute approximate surface area is 139 Å². The number of hydrogen-bond donors (Lipinski definition) is 1. The highest BCUT2D eigenvalue weighted by molar-refractivity contribution is 5.81. The second-order valence-electron chi connectivity index (χ2n) is 7.18. The largest absolute Gasteiger partial charge is 0.348 e. The van der Waals surface area contributed by atoms with Gasteiger partial charge in [0.15, 0.2) is 0 Å². The molecule has 0 aromatic heterocycles. The Kier molecular flexibility index (Phi) is 4.86. The first kappa shape index (κ1) is 16.3. The number of likely N-dealkylation sites (tertiary alicyclic amines) is 1. The predicted octanol–water partition coefficient (Wildman–Crippen LogP) is 3.46. The van der Waals surface area contributed by atoms with E-state index in [-0.39, 0.29) is 18.0 Å². The fourth-order valence-electron chi connectivity index (χ4n) is 4.02. The van der Waals surface area contributed by atoms with Gasteiger partial charge >= 0.3 is 0 Å². The summed E-state index contributed by atoms with van der Waals surface area (Å²) in [5, 5.41) is 3.20. The molecule has 0 saturated carbocycles. The van der Waals surface area contributed by atoms with Crippen molar-refractivity contribution < 1.29 is 4.79 Å². The number of amides is 1. The highest BCUT2D eigenvalue weighted by Gasteiger charge is 2.36. The van der Waals surface area contributed by atoms with Gasteiger partial charge in [-0.3, -0.25) is 9.69 Å². The molecule has 4 atom stereocenters. The van der Waals surface area contributed by atoms with Crippen LogP contribution in [0.4, 0.5) is 0 Å². The molecule has 1 aliphatic carbocycles. The zero-order chi connectivity index (χ0) is 16.4. The quantitative estimate of drug-likeness (QED) is 0.864. The van der Waals surface area contributed by atoms with Crippen molar-refractivity contribution in [2.45, 2.75) is 45.7 Å². The lowest BCUT2D eigenvalue weighted by atomic mass is 9.86. The Bertz CT molecular complexity index is 579. The number of benzene rings is 1. The second-order valence-corrected chi connectivity index (χ2v) is 7.18. The zero-order valence-electron chi connectivity index (χ0n) is 14.5. The molecule has 2 aliphatic rings. The summed E-state index contributed by atoms with van der Waals surface area (Å²) in [6.07, 6.45) is 6.95. The number of rotatable bonds is 4. The van der Waals surface area contributed by atoms with Gasteiger partial charge in [-0.2, -0.15) is 0 Å². The van der Waals surface area contributed by atoms with E-state index >= 15 is 0 Å². The molecular weight excluding hydrogens is 284 g/mol. The van der Waals surface area contributed by atoms with Crippen molar-refractivity contribution in [3.05, 3.63) is 47.5 Å². The van der Waals surface area contributed by atoms with E-state index in [2.05, 4.69) is 48.3 Å². The average Bonchev–Trinajstić information content (AvgIpc) is 2.98. The van der Waals surface area contributed by atoms with Gasteiger partial charge in [-0.05, 0) is 56.6 Å². The van der Waals surface area contributed by atoms with Gasteiger partial charge in [-0.1, -0.05) is 36.4 Å². The number of nitrogens with one attached hydrogen (secondary N) is 1. The lowest BCUT2D eigenvalue weighted by molar-refractivity contribution is -0.126. The van der Waals surface area contributed by atoms with Crippen LogP contribution in [0.3, 0.4) is 0 Å². The topological polar surface area (TPSA) is 32.3 Å². The van der Waals surface area contributed by atoms with Crippen LogP contribution in [0.25, 0.3) is 0 Å². The molecule has 3 rings (SSSR count). The number of allylic oxidation sites excluding steroid dienone is 2. The summed E-state index contributed by atoms with van der Waals surface area (Å²) < 4.78 is 0. The van der Waals surface area contributed by atoms with Crippen LogP contribution in [0.5, 0.6) is 0 Å². The average molecular weight is 312 g/mol. The summed E-state index contributed by atoms with van der Waals surface area (Å²) in [4.78, 5) is 15.0. The van der Waals surface area contributed by atoms with Crippen molar-refractivity contribution >= 4 is 5.91 Å². The predicted molar refractivity (Wildman–Crippen MR) is 94.1 cm³/mol. The van der Waals surface area contributed by atoms with Crippen molar-refractivity contribution in [1.82, 2.24) is 10.2 Å². The molecule has 1 fully saturated rings. The third kappa shape index (κ3) is 3.50. The van der Waals surface area contributed by atoms with E-state index in [0.29, 0.717) is 0 Å². The molecule has 1 N–H and O–H groups in total. The molecule has 1 saturated heterocycles. The van der Waals surface area contributed by atoms with Crippen molar-refractivity contribution in [3.63, 3.8) is 0 Å². The number of nitrogens with zero attached hydrogens (tertiary/aromatic N) is 1. The summed E-state index contributed by atoms with van der Waals surface area (Å²) >= 11 is 0. The van der Waals surface area contributed by atoms with Crippen LogP contribution in [0.2, 0.25) is 0 Å². The van der Waals surface area contributed by atoms with Gasteiger partial charge < -0.3 is 5.32 Å².